The molecule has 166 valence electrons. The first-order valence-electron chi connectivity index (χ1n) is 10.7. The van der Waals surface area contributed by atoms with Crippen LogP contribution in [0.3, 0.4) is 0 Å². The highest BCUT2D eigenvalue weighted by Crippen LogP contribution is 2.31. The van der Waals surface area contributed by atoms with Gasteiger partial charge in [-0.05, 0) is 48.5 Å². The third-order valence-corrected chi connectivity index (χ3v) is 5.40. The van der Waals surface area contributed by atoms with Crippen LogP contribution in [-0.2, 0) is 0 Å². The zero-order valence-corrected chi connectivity index (χ0v) is 18.1. The quantitative estimate of drug-likeness (QED) is 0.487. The number of hydrogen-bond donors (Lipinski definition) is 1. The Morgan fingerprint density at radius 3 is 2.52 bits per heavy atom. The molecule has 1 atom stereocenters. The van der Waals surface area contributed by atoms with Gasteiger partial charge in [0.1, 0.15) is 24.2 Å². The largest absolute Gasteiger partial charge is 0.497 e. The minimum Gasteiger partial charge on any atom is -0.497 e. The second-order valence-electron chi connectivity index (χ2n) is 7.61. The maximum Gasteiger partial charge on any atom is 0.255 e. The second-order valence-corrected chi connectivity index (χ2v) is 7.61. The lowest BCUT2D eigenvalue weighted by Gasteiger charge is -2.26. The lowest BCUT2D eigenvalue weighted by Crippen LogP contribution is -2.40. The monoisotopic (exact) mass is 441 g/mol. The first-order valence-corrected chi connectivity index (χ1v) is 10.7. The van der Waals surface area contributed by atoms with Crippen LogP contribution < -0.4 is 19.5 Å². The summed E-state index contributed by atoms with van der Waals surface area (Å²) < 4.78 is 18.7. The summed E-state index contributed by atoms with van der Waals surface area (Å²) in [5.74, 6) is 1.90. The summed E-state index contributed by atoms with van der Waals surface area (Å²) in [4.78, 5) is 13.2. The van der Waals surface area contributed by atoms with Crippen molar-refractivity contribution in [2.24, 2.45) is 0 Å². The smallest absolute Gasteiger partial charge is 0.255 e. The molecule has 33 heavy (non-hydrogen) atoms. The lowest BCUT2D eigenvalue weighted by atomic mass is 10.1. The number of aromatic nitrogens is 2. The molecule has 1 aliphatic heterocycles. The molecule has 1 N–H and O–H groups in total. The highest BCUT2D eigenvalue weighted by Gasteiger charge is 2.23. The number of fused-ring (bicyclic) bond motifs is 1. The number of methoxy groups -OCH3 is 1. The number of amides is 1. The van der Waals surface area contributed by atoms with E-state index in [4.69, 9.17) is 19.3 Å². The molecular weight excluding hydrogens is 418 g/mol. The molecule has 0 fully saturated rings. The molecule has 0 spiro atoms. The molecule has 0 saturated heterocycles. The van der Waals surface area contributed by atoms with Crippen molar-refractivity contribution in [1.29, 1.82) is 0 Å². The Morgan fingerprint density at radius 2 is 1.76 bits per heavy atom. The van der Waals surface area contributed by atoms with E-state index in [0.29, 0.717) is 35.9 Å². The molecule has 7 heteroatoms. The Labute approximate surface area is 191 Å². The number of rotatable bonds is 6. The van der Waals surface area contributed by atoms with Crippen molar-refractivity contribution in [1.82, 2.24) is 15.1 Å². The van der Waals surface area contributed by atoms with Gasteiger partial charge in [0.25, 0.3) is 5.91 Å². The van der Waals surface area contributed by atoms with E-state index < -0.39 is 0 Å². The van der Waals surface area contributed by atoms with Gasteiger partial charge in [0.2, 0.25) is 0 Å². The summed E-state index contributed by atoms with van der Waals surface area (Å²) in [5.41, 5.74) is 2.75. The van der Waals surface area contributed by atoms with Crippen molar-refractivity contribution in [3.05, 3.63) is 90.6 Å². The zero-order chi connectivity index (χ0) is 22.6. The standard InChI is InChI=1S/C26H23N3O4/c1-31-20-13-11-18(12-14-20)25-22(16-29(28-25)19-7-3-2-4-8-19)26(30)27-15-21-17-32-23-9-5-6-10-24(23)33-21/h2-14,16,21H,15,17H2,1H3,(H,27,30)/t21-/m1/s1. The molecular formula is C26H23N3O4. The van der Waals surface area contributed by atoms with E-state index in [2.05, 4.69) is 5.32 Å². The van der Waals surface area contributed by atoms with E-state index >= 15 is 0 Å². The topological polar surface area (TPSA) is 74.6 Å². The van der Waals surface area contributed by atoms with Crippen LogP contribution in [0.15, 0.2) is 85.1 Å². The Morgan fingerprint density at radius 1 is 1.03 bits per heavy atom. The molecule has 1 amide bonds. The Hall–Kier alpha value is -4.26. The van der Waals surface area contributed by atoms with E-state index in [9.17, 15) is 4.79 Å². The molecule has 0 bridgehead atoms. The van der Waals surface area contributed by atoms with Crippen molar-refractivity contribution in [2.45, 2.75) is 6.10 Å². The van der Waals surface area contributed by atoms with Crippen molar-refractivity contribution in [3.8, 4) is 34.2 Å². The second kappa shape index (κ2) is 9.08. The van der Waals surface area contributed by atoms with Crippen LogP contribution in [0.1, 0.15) is 10.4 Å². The molecule has 7 nitrogen and oxygen atoms in total. The normalized spacial score (nSPS) is 14.5. The van der Waals surface area contributed by atoms with Gasteiger partial charge in [-0.2, -0.15) is 5.10 Å². The van der Waals surface area contributed by atoms with Crippen molar-refractivity contribution in [3.63, 3.8) is 0 Å². The van der Waals surface area contributed by atoms with Crippen LogP contribution in [0.4, 0.5) is 0 Å². The van der Waals surface area contributed by atoms with Gasteiger partial charge in [-0.15, -0.1) is 0 Å². The maximum absolute atomic E-state index is 13.2. The molecule has 4 aromatic rings. The highest BCUT2D eigenvalue weighted by molar-refractivity contribution is 6.00. The number of carbonyl (C=O) groups is 1. The van der Waals surface area contributed by atoms with Gasteiger partial charge in [0.05, 0.1) is 24.9 Å². The predicted molar refractivity (Wildman–Crippen MR) is 124 cm³/mol. The van der Waals surface area contributed by atoms with Crippen LogP contribution >= 0.6 is 0 Å². The zero-order valence-electron chi connectivity index (χ0n) is 18.1. The molecule has 1 aromatic heterocycles. The van der Waals surface area contributed by atoms with Crippen molar-refractivity contribution in [2.75, 3.05) is 20.3 Å². The molecule has 0 radical (unpaired) electrons. The minimum atomic E-state index is -0.280. The molecule has 0 saturated carbocycles. The Kier molecular flexibility index (Phi) is 5.68. The Bertz CT molecular complexity index is 1250. The fourth-order valence-corrected chi connectivity index (χ4v) is 3.68. The van der Waals surface area contributed by atoms with Gasteiger partial charge >= 0.3 is 0 Å². The summed E-state index contributed by atoms with van der Waals surface area (Å²) in [6.07, 6.45) is 1.47. The maximum atomic E-state index is 13.2. The molecule has 0 aliphatic carbocycles. The molecule has 5 rings (SSSR count). The van der Waals surface area contributed by atoms with Gasteiger partial charge in [-0.1, -0.05) is 30.3 Å². The average Bonchev–Trinajstić information content (AvgIpc) is 3.33. The summed E-state index contributed by atoms with van der Waals surface area (Å²) in [5, 5.41) is 7.69. The highest BCUT2D eigenvalue weighted by atomic mass is 16.6. The third kappa shape index (κ3) is 4.39. The number of hydrogen-bond acceptors (Lipinski definition) is 5. The molecule has 3 aromatic carbocycles. The fraction of sp³-hybridized carbons (Fsp3) is 0.154. The number of ether oxygens (including phenoxy) is 3. The number of benzene rings is 3. The summed E-state index contributed by atoms with van der Waals surface area (Å²) >= 11 is 0. The summed E-state index contributed by atoms with van der Waals surface area (Å²) in [7, 11) is 1.62. The molecule has 1 aliphatic rings. The van der Waals surface area contributed by atoms with E-state index in [1.54, 1.807) is 18.0 Å². The van der Waals surface area contributed by atoms with Crippen LogP contribution in [0.2, 0.25) is 0 Å². The van der Waals surface area contributed by atoms with Crippen molar-refractivity contribution >= 4 is 5.91 Å². The number of nitrogens with one attached hydrogen (secondary N) is 1. The van der Waals surface area contributed by atoms with Crippen LogP contribution in [0, 0.1) is 0 Å². The fourth-order valence-electron chi connectivity index (χ4n) is 3.68. The number of para-hydroxylation sites is 3. The van der Waals surface area contributed by atoms with Crippen LogP contribution in [0.5, 0.6) is 17.2 Å². The summed E-state index contributed by atoms with van der Waals surface area (Å²) in [6.45, 7) is 0.678. The van der Waals surface area contributed by atoms with Gasteiger partial charge in [0.15, 0.2) is 11.5 Å². The van der Waals surface area contributed by atoms with E-state index in [-0.39, 0.29) is 12.0 Å². The minimum absolute atomic E-state index is 0.231. The molecule has 2 heterocycles. The van der Waals surface area contributed by atoms with Crippen LogP contribution in [0.25, 0.3) is 16.9 Å². The van der Waals surface area contributed by atoms with Crippen LogP contribution in [-0.4, -0.2) is 42.1 Å². The SMILES string of the molecule is COc1ccc(-c2nn(-c3ccccc3)cc2C(=O)NC[C@@H]2COc3ccccc3O2)cc1. The lowest BCUT2D eigenvalue weighted by molar-refractivity contribution is 0.0789. The van der Waals surface area contributed by atoms with Gasteiger partial charge in [-0.3, -0.25) is 4.79 Å². The first-order chi connectivity index (χ1) is 16.2. The number of carbonyl (C=O) groups excluding carboxylic acids is 1. The van der Waals surface area contributed by atoms with Gasteiger partial charge in [0, 0.05) is 11.8 Å². The van der Waals surface area contributed by atoms with E-state index in [0.717, 1.165) is 17.0 Å². The van der Waals surface area contributed by atoms with Gasteiger partial charge in [-0.25, -0.2) is 4.68 Å². The predicted octanol–water partition coefficient (Wildman–Crippen LogP) is 4.12. The van der Waals surface area contributed by atoms with E-state index in [1.807, 2.05) is 78.9 Å². The summed E-state index contributed by atoms with van der Waals surface area (Å²) in [6, 6.07) is 24.7. The van der Waals surface area contributed by atoms with Crippen molar-refractivity contribution < 1.29 is 19.0 Å². The first kappa shape index (κ1) is 20.6. The third-order valence-electron chi connectivity index (χ3n) is 5.40. The average molecular weight is 441 g/mol. The Balaban J connectivity index is 1.38. The van der Waals surface area contributed by atoms with E-state index in [1.165, 1.54) is 0 Å². The molecule has 0 unspecified atom stereocenters. The van der Waals surface area contributed by atoms with Gasteiger partial charge < -0.3 is 19.5 Å². The number of nitrogens with zero attached hydrogens (tertiary/aromatic N) is 2.